The van der Waals surface area contributed by atoms with Gasteiger partial charge in [0, 0.05) is 29.5 Å². The van der Waals surface area contributed by atoms with Gasteiger partial charge < -0.3 is 9.30 Å². The van der Waals surface area contributed by atoms with Crippen LogP contribution in [0.3, 0.4) is 0 Å². The molecule has 1 aromatic heterocycles. The quantitative estimate of drug-likeness (QED) is 0.580. The molecule has 28 heavy (non-hydrogen) atoms. The van der Waals surface area contributed by atoms with E-state index in [4.69, 9.17) is 4.74 Å². The highest BCUT2D eigenvalue weighted by Crippen LogP contribution is 2.37. The average Bonchev–Trinajstić information content (AvgIpc) is 3.16. The van der Waals surface area contributed by atoms with Gasteiger partial charge in [-0.3, -0.25) is 0 Å². The van der Waals surface area contributed by atoms with E-state index < -0.39 is 10.0 Å². The maximum Gasteiger partial charge on any atom is 0.244 e. The molecule has 1 aliphatic heterocycles. The zero-order valence-corrected chi connectivity index (χ0v) is 18.1. The Morgan fingerprint density at radius 2 is 1.82 bits per heavy atom. The number of hydrogen-bond donors (Lipinski definition) is 0. The third kappa shape index (κ3) is 3.27. The number of methoxy groups -OCH3 is 1. The third-order valence-corrected chi connectivity index (χ3v) is 7.54. The number of fused-ring (bicyclic) bond motifs is 1. The molecule has 4 rings (SSSR count). The summed E-state index contributed by atoms with van der Waals surface area (Å²) in [4.78, 5) is 0.285. The Morgan fingerprint density at radius 3 is 2.50 bits per heavy atom. The molecule has 2 aromatic carbocycles. The summed E-state index contributed by atoms with van der Waals surface area (Å²) in [6.45, 7) is 2.89. The van der Waals surface area contributed by atoms with Gasteiger partial charge in [0.15, 0.2) is 0 Å². The van der Waals surface area contributed by atoms with E-state index in [1.807, 2.05) is 49.5 Å². The summed E-state index contributed by atoms with van der Waals surface area (Å²) in [6, 6.07) is 16.4. The van der Waals surface area contributed by atoms with Crippen molar-refractivity contribution in [3.63, 3.8) is 0 Å². The largest absolute Gasteiger partial charge is 0.496 e. The van der Waals surface area contributed by atoms with Crippen molar-refractivity contribution in [1.29, 1.82) is 0 Å². The van der Waals surface area contributed by atoms with Crippen LogP contribution in [0.15, 0.2) is 70.2 Å². The van der Waals surface area contributed by atoms with Crippen LogP contribution < -0.4 is 4.74 Å². The van der Waals surface area contributed by atoms with E-state index in [2.05, 4.69) is 20.5 Å². The fourth-order valence-electron chi connectivity index (χ4n) is 3.75. The summed E-state index contributed by atoms with van der Waals surface area (Å²) >= 11 is 3.46. The lowest BCUT2D eigenvalue weighted by Gasteiger charge is -2.36. The molecule has 0 aliphatic carbocycles. The number of benzene rings is 2. The molecular formula is C21H21BrN2O3S. The van der Waals surface area contributed by atoms with Crippen molar-refractivity contribution in [3.05, 3.63) is 82.1 Å². The van der Waals surface area contributed by atoms with Crippen LogP contribution in [0.2, 0.25) is 0 Å². The summed E-state index contributed by atoms with van der Waals surface area (Å²) < 4.78 is 37.1. The standard InChI is InChI=1S/C21H21BrN2O3S/c1-15-14-18(9-10-20(15)27-2)28(25,26)24-13-12-23-11-3-4-19(23)21(24)16-5-7-17(22)8-6-16/h3-11,14,21H,12-13H2,1-2H3/t21-/m1/s1. The van der Waals surface area contributed by atoms with E-state index in [9.17, 15) is 8.42 Å². The first-order valence-corrected chi connectivity index (χ1v) is 11.2. The Morgan fingerprint density at radius 1 is 1.07 bits per heavy atom. The van der Waals surface area contributed by atoms with E-state index >= 15 is 0 Å². The minimum atomic E-state index is -3.68. The number of hydrogen-bond acceptors (Lipinski definition) is 3. The van der Waals surface area contributed by atoms with E-state index in [-0.39, 0.29) is 10.9 Å². The van der Waals surface area contributed by atoms with Crippen LogP contribution in [0.1, 0.15) is 22.9 Å². The van der Waals surface area contributed by atoms with Crippen LogP contribution in [0, 0.1) is 6.92 Å². The fraction of sp³-hybridized carbons (Fsp3) is 0.238. The van der Waals surface area contributed by atoms with Gasteiger partial charge in [-0.1, -0.05) is 28.1 Å². The van der Waals surface area contributed by atoms with Crippen LogP contribution in [0.4, 0.5) is 0 Å². The molecule has 0 N–H and O–H groups in total. The normalized spacial score (nSPS) is 17.3. The van der Waals surface area contributed by atoms with Crippen molar-refractivity contribution in [3.8, 4) is 5.75 Å². The molecule has 0 spiro atoms. The van der Waals surface area contributed by atoms with Crippen LogP contribution in [0.5, 0.6) is 5.75 Å². The van der Waals surface area contributed by atoms with E-state index in [1.165, 1.54) is 0 Å². The van der Waals surface area contributed by atoms with Gasteiger partial charge in [-0.15, -0.1) is 0 Å². The highest BCUT2D eigenvalue weighted by molar-refractivity contribution is 9.10. The fourth-order valence-corrected chi connectivity index (χ4v) is 5.68. The number of rotatable bonds is 4. The number of sulfonamides is 1. The molecule has 0 saturated carbocycles. The SMILES string of the molecule is COc1ccc(S(=O)(=O)N2CCn3cccc3[C@H]2c2ccc(Br)cc2)cc1C. The van der Waals surface area contributed by atoms with Gasteiger partial charge >= 0.3 is 0 Å². The molecule has 0 fully saturated rings. The topological polar surface area (TPSA) is 51.5 Å². The van der Waals surface area contributed by atoms with Crippen LogP contribution >= 0.6 is 15.9 Å². The Balaban J connectivity index is 1.82. The summed E-state index contributed by atoms with van der Waals surface area (Å²) in [5, 5.41) is 0. The predicted octanol–water partition coefficient (Wildman–Crippen LogP) is 4.36. The number of ether oxygens (including phenoxy) is 1. The molecule has 1 atom stereocenters. The van der Waals surface area contributed by atoms with E-state index in [0.29, 0.717) is 18.8 Å². The first-order chi connectivity index (χ1) is 13.4. The summed E-state index contributed by atoms with van der Waals surface area (Å²) in [7, 11) is -2.10. The second-order valence-corrected chi connectivity index (χ2v) is 9.63. The first-order valence-electron chi connectivity index (χ1n) is 8.99. The second-order valence-electron chi connectivity index (χ2n) is 6.83. The molecule has 0 saturated heterocycles. The number of aryl methyl sites for hydroxylation is 1. The lowest BCUT2D eigenvalue weighted by molar-refractivity contribution is 0.298. The third-order valence-electron chi connectivity index (χ3n) is 5.15. The zero-order valence-electron chi connectivity index (χ0n) is 15.7. The molecule has 1 aliphatic rings. The highest BCUT2D eigenvalue weighted by atomic mass is 79.9. The minimum absolute atomic E-state index is 0.285. The van der Waals surface area contributed by atoms with Gasteiger partial charge in [-0.25, -0.2) is 8.42 Å². The molecule has 146 valence electrons. The van der Waals surface area contributed by atoms with Gasteiger partial charge in [0.25, 0.3) is 0 Å². The van der Waals surface area contributed by atoms with Gasteiger partial charge in [-0.05, 0) is 60.5 Å². The Kier molecular flexibility index (Phi) is 5.07. The maximum absolute atomic E-state index is 13.6. The van der Waals surface area contributed by atoms with Crippen LogP contribution in [0.25, 0.3) is 0 Å². The summed E-state index contributed by atoms with van der Waals surface area (Å²) in [5.74, 6) is 0.677. The Bertz CT molecular complexity index is 1110. The maximum atomic E-state index is 13.6. The van der Waals surface area contributed by atoms with E-state index in [0.717, 1.165) is 21.3 Å². The number of nitrogens with zero attached hydrogens (tertiary/aromatic N) is 2. The molecule has 0 bridgehead atoms. The predicted molar refractivity (Wildman–Crippen MR) is 112 cm³/mol. The first kappa shape index (κ1) is 19.2. The Labute approximate surface area is 173 Å². The highest BCUT2D eigenvalue weighted by Gasteiger charge is 2.37. The van der Waals surface area contributed by atoms with Crippen molar-refractivity contribution in [2.75, 3.05) is 13.7 Å². The summed E-state index contributed by atoms with van der Waals surface area (Å²) in [6.07, 6.45) is 2.00. The van der Waals surface area contributed by atoms with Crippen LogP contribution in [-0.4, -0.2) is 30.9 Å². The number of aromatic nitrogens is 1. The molecule has 5 nitrogen and oxygen atoms in total. The van der Waals surface area contributed by atoms with Gasteiger partial charge in [0.2, 0.25) is 10.0 Å². The van der Waals surface area contributed by atoms with Crippen molar-refractivity contribution in [2.24, 2.45) is 0 Å². The smallest absolute Gasteiger partial charge is 0.244 e. The summed E-state index contributed by atoms with van der Waals surface area (Å²) in [5.41, 5.74) is 2.71. The second kappa shape index (κ2) is 7.39. The molecule has 3 aromatic rings. The van der Waals surface area contributed by atoms with Gasteiger partial charge in [0.05, 0.1) is 18.0 Å². The van der Waals surface area contributed by atoms with E-state index in [1.54, 1.807) is 29.6 Å². The lowest BCUT2D eigenvalue weighted by Crippen LogP contribution is -2.42. The van der Waals surface area contributed by atoms with Crippen molar-refractivity contribution in [2.45, 2.75) is 24.4 Å². The monoisotopic (exact) mass is 460 g/mol. The molecule has 0 amide bonds. The van der Waals surface area contributed by atoms with Gasteiger partial charge in [-0.2, -0.15) is 4.31 Å². The zero-order chi connectivity index (χ0) is 19.9. The van der Waals surface area contributed by atoms with Crippen molar-refractivity contribution >= 4 is 26.0 Å². The molecule has 7 heteroatoms. The van der Waals surface area contributed by atoms with Crippen molar-refractivity contribution in [1.82, 2.24) is 8.87 Å². The molecular weight excluding hydrogens is 440 g/mol. The molecule has 0 unspecified atom stereocenters. The van der Waals surface area contributed by atoms with Crippen molar-refractivity contribution < 1.29 is 13.2 Å². The molecule has 2 heterocycles. The average molecular weight is 461 g/mol. The van der Waals surface area contributed by atoms with Gasteiger partial charge in [0.1, 0.15) is 5.75 Å². The Hall–Kier alpha value is -2.09. The molecule has 0 radical (unpaired) electrons. The van der Waals surface area contributed by atoms with Crippen LogP contribution in [-0.2, 0) is 16.6 Å². The lowest BCUT2D eigenvalue weighted by atomic mass is 10.0. The minimum Gasteiger partial charge on any atom is -0.496 e. The number of halogens is 1.